The van der Waals surface area contributed by atoms with Gasteiger partial charge in [0.15, 0.2) is 0 Å². The summed E-state index contributed by atoms with van der Waals surface area (Å²) >= 11 is 0. The van der Waals surface area contributed by atoms with Gasteiger partial charge in [0.25, 0.3) is 0 Å². The first-order valence-corrected chi connectivity index (χ1v) is 8.19. The van der Waals surface area contributed by atoms with E-state index in [0.29, 0.717) is 19.1 Å². The summed E-state index contributed by atoms with van der Waals surface area (Å²) in [6.45, 7) is 2.75. The number of aromatic nitrogens is 3. The van der Waals surface area contributed by atoms with Crippen molar-refractivity contribution in [3.63, 3.8) is 0 Å². The summed E-state index contributed by atoms with van der Waals surface area (Å²) < 4.78 is 1.95. The highest BCUT2D eigenvalue weighted by atomic mass is 16.2. The van der Waals surface area contributed by atoms with Crippen LogP contribution in [0.25, 0.3) is 0 Å². The highest BCUT2D eigenvalue weighted by Crippen LogP contribution is 2.18. The lowest BCUT2D eigenvalue weighted by atomic mass is 10.0. The normalized spacial score (nSPS) is 18.7. The first kappa shape index (κ1) is 15.7. The van der Waals surface area contributed by atoms with Gasteiger partial charge in [-0.25, -0.2) is 0 Å². The Kier molecular flexibility index (Phi) is 5.37. The molecule has 1 aliphatic heterocycles. The van der Waals surface area contributed by atoms with Gasteiger partial charge >= 0.3 is 0 Å². The number of nitrogens with zero attached hydrogens (tertiary/aromatic N) is 4. The van der Waals surface area contributed by atoms with Crippen molar-refractivity contribution in [2.45, 2.75) is 38.4 Å². The summed E-state index contributed by atoms with van der Waals surface area (Å²) in [5.74, 6) is 0.0584. The van der Waals surface area contributed by atoms with Crippen molar-refractivity contribution in [3.05, 3.63) is 48.5 Å². The summed E-state index contributed by atoms with van der Waals surface area (Å²) in [7, 11) is 0. The van der Waals surface area contributed by atoms with Crippen molar-refractivity contribution < 1.29 is 4.79 Å². The van der Waals surface area contributed by atoms with E-state index >= 15 is 0 Å². The van der Waals surface area contributed by atoms with E-state index in [1.165, 1.54) is 6.42 Å². The van der Waals surface area contributed by atoms with E-state index in [1.54, 1.807) is 12.4 Å². The molecule has 1 amide bonds. The van der Waals surface area contributed by atoms with E-state index in [0.717, 1.165) is 31.6 Å². The first-order valence-electron chi connectivity index (χ1n) is 8.19. The fourth-order valence-corrected chi connectivity index (χ4v) is 3.03. The Morgan fingerprint density at radius 1 is 1.26 bits per heavy atom. The Labute approximate surface area is 136 Å². The lowest BCUT2D eigenvalue weighted by molar-refractivity contribution is -0.123. The largest absolute Gasteiger partial charge is 0.349 e. The summed E-state index contributed by atoms with van der Waals surface area (Å²) in [4.78, 5) is 18.7. The molecule has 1 atom stereocenters. The molecule has 2 aromatic rings. The molecule has 0 aromatic carbocycles. The number of nitrogens with one attached hydrogen (secondary N) is 1. The number of carbonyl (C=O) groups is 1. The van der Waals surface area contributed by atoms with Crippen LogP contribution >= 0.6 is 0 Å². The molecule has 6 heteroatoms. The quantitative estimate of drug-likeness (QED) is 0.877. The molecule has 1 aliphatic rings. The van der Waals surface area contributed by atoms with Crippen molar-refractivity contribution >= 4 is 5.91 Å². The molecule has 1 N–H and O–H groups in total. The third-order valence-electron chi connectivity index (χ3n) is 4.25. The Bertz CT molecular complexity index is 599. The van der Waals surface area contributed by atoms with Gasteiger partial charge in [0.1, 0.15) is 0 Å². The number of amides is 1. The summed E-state index contributed by atoms with van der Waals surface area (Å²) in [5.41, 5.74) is 0.882. The average Bonchev–Trinajstić information content (AvgIpc) is 3.09. The minimum Gasteiger partial charge on any atom is -0.349 e. The molecular formula is C17H23N5O. The molecule has 1 fully saturated rings. The number of hydrogen-bond donors (Lipinski definition) is 1. The summed E-state index contributed by atoms with van der Waals surface area (Å²) in [6, 6.07) is 8.04. The molecule has 122 valence electrons. The lowest BCUT2D eigenvalue weighted by Gasteiger charge is -2.35. The minimum absolute atomic E-state index is 0.0584. The van der Waals surface area contributed by atoms with Gasteiger partial charge in [-0.3, -0.25) is 19.4 Å². The number of carbonyl (C=O) groups excluding carboxylic acids is 1. The van der Waals surface area contributed by atoms with Gasteiger partial charge in [0, 0.05) is 24.6 Å². The molecule has 1 saturated heterocycles. The Balaban J connectivity index is 1.51. The van der Waals surface area contributed by atoms with Crippen molar-refractivity contribution in [1.82, 2.24) is 25.0 Å². The van der Waals surface area contributed by atoms with Crippen LogP contribution in [0.5, 0.6) is 0 Å². The lowest BCUT2D eigenvalue weighted by Crippen LogP contribution is -2.47. The predicted molar refractivity (Wildman–Crippen MR) is 87.5 cm³/mol. The van der Waals surface area contributed by atoms with Crippen molar-refractivity contribution in [1.29, 1.82) is 0 Å². The highest BCUT2D eigenvalue weighted by molar-refractivity contribution is 5.78. The third-order valence-corrected chi connectivity index (χ3v) is 4.25. The second-order valence-corrected chi connectivity index (χ2v) is 5.95. The topological polar surface area (TPSA) is 63.1 Å². The second-order valence-electron chi connectivity index (χ2n) is 5.95. The van der Waals surface area contributed by atoms with Crippen LogP contribution in [0.2, 0.25) is 0 Å². The predicted octanol–water partition coefficient (Wildman–Crippen LogP) is 1.45. The van der Waals surface area contributed by atoms with Crippen molar-refractivity contribution in [2.24, 2.45) is 0 Å². The number of rotatable bonds is 6. The molecular weight excluding hydrogens is 290 g/mol. The SMILES string of the molecule is O=C(CN1CCCC[C@@H]1Cn1cccn1)NCc1ccccn1. The van der Waals surface area contributed by atoms with Crippen LogP contribution in [-0.2, 0) is 17.9 Å². The first-order chi connectivity index (χ1) is 11.3. The van der Waals surface area contributed by atoms with Crippen LogP contribution < -0.4 is 5.32 Å². The fraction of sp³-hybridized carbons (Fsp3) is 0.471. The van der Waals surface area contributed by atoms with Crippen LogP contribution in [0.1, 0.15) is 25.0 Å². The summed E-state index contributed by atoms with van der Waals surface area (Å²) in [6.07, 6.45) is 9.02. The Morgan fingerprint density at radius 2 is 2.22 bits per heavy atom. The number of pyridine rings is 1. The molecule has 0 saturated carbocycles. The van der Waals surface area contributed by atoms with E-state index in [2.05, 4.69) is 20.3 Å². The fourth-order valence-electron chi connectivity index (χ4n) is 3.03. The molecule has 0 aliphatic carbocycles. The van der Waals surface area contributed by atoms with E-state index in [-0.39, 0.29) is 5.91 Å². The van der Waals surface area contributed by atoms with Gasteiger partial charge < -0.3 is 5.32 Å². The number of likely N-dealkylation sites (tertiary alicyclic amines) is 1. The van der Waals surface area contributed by atoms with Crippen LogP contribution in [-0.4, -0.2) is 44.7 Å². The smallest absolute Gasteiger partial charge is 0.234 e. The number of hydrogen-bond acceptors (Lipinski definition) is 4. The van der Waals surface area contributed by atoms with E-state index < -0.39 is 0 Å². The Morgan fingerprint density at radius 3 is 3.00 bits per heavy atom. The highest BCUT2D eigenvalue weighted by Gasteiger charge is 2.24. The van der Waals surface area contributed by atoms with Gasteiger partial charge in [0.2, 0.25) is 5.91 Å². The van der Waals surface area contributed by atoms with Crippen LogP contribution in [0, 0.1) is 0 Å². The monoisotopic (exact) mass is 313 g/mol. The van der Waals surface area contributed by atoms with Crippen LogP contribution in [0.4, 0.5) is 0 Å². The zero-order chi connectivity index (χ0) is 15.9. The van der Waals surface area contributed by atoms with Gasteiger partial charge in [0.05, 0.1) is 25.3 Å². The number of piperidine rings is 1. The van der Waals surface area contributed by atoms with Crippen LogP contribution in [0.15, 0.2) is 42.9 Å². The summed E-state index contributed by atoms with van der Waals surface area (Å²) in [5, 5.41) is 7.24. The molecule has 2 aromatic heterocycles. The molecule has 0 unspecified atom stereocenters. The van der Waals surface area contributed by atoms with Crippen LogP contribution in [0.3, 0.4) is 0 Å². The van der Waals surface area contributed by atoms with E-state index in [1.807, 2.05) is 35.1 Å². The van der Waals surface area contributed by atoms with E-state index in [4.69, 9.17) is 0 Å². The molecule has 0 radical (unpaired) electrons. The molecule has 3 heterocycles. The maximum Gasteiger partial charge on any atom is 0.234 e. The van der Waals surface area contributed by atoms with E-state index in [9.17, 15) is 4.79 Å². The average molecular weight is 313 g/mol. The zero-order valence-corrected chi connectivity index (χ0v) is 13.3. The Hall–Kier alpha value is -2.21. The molecule has 0 spiro atoms. The van der Waals surface area contributed by atoms with Gasteiger partial charge in [-0.05, 0) is 37.6 Å². The molecule has 23 heavy (non-hydrogen) atoms. The zero-order valence-electron chi connectivity index (χ0n) is 13.3. The van der Waals surface area contributed by atoms with Gasteiger partial charge in [-0.1, -0.05) is 12.5 Å². The van der Waals surface area contributed by atoms with Crippen molar-refractivity contribution in [2.75, 3.05) is 13.1 Å². The molecule has 3 rings (SSSR count). The van der Waals surface area contributed by atoms with Gasteiger partial charge in [-0.2, -0.15) is 5.10 Å². The maximum absolute atomic E-state index is 12.2. The molecule has 6 nitrogen and oxygen atoms in total. The van der Waals surface area contributed by atoms with Crippen molar-refractivity contribution in [3.8, 4) is 0 Å². The minimum atomic E-state index is 0.0584. The van der Waals surface area contributed by atoms with Gasteiger partial charge in [-0.15, -0.1) is 0 Å². The third kappa shape index (κ3) is 4.63. The maximum atomic E-state index is 12.2. The molecule has 0 bridgehead atoms. The standard InChI is InChI=1S/C17H23N5O/c23-17(19-12-15-6-1-3-8-18-15)14-21-10-4-2-7-16(21)13-22-11-5-9-20-22/h1,3,5-6,8-9,11,16H,2,4,7,10,12-14H2,(H,19,23)/t16-/m1/s1. The second kappa shape index (κ2) is 7.87.